The van der Waals surface area contributed by atoms with E-state index in [0.717, 1.165) is 13.1 Å². The molecule has 0 radical (unpaired) electrons. The first-order valence-corrected chi connectivity index (χ1v) is 4.51. The van der Waals surface area contributed by atoms with Crippen LogP contribution in [-0.4, -0.2) is 29.7 Å². The summed E-state index contributed by atoms with van der Waals surface area (Å²) < 4.78 is 5.22. The summed E-state index contributed by atoms with van der Waals surface area (Å²) in [5.74, 6) is 0. The van der Waals surface area contributed by atoms with Gasteiger partial charge in [0.1, 0.15) is 6.61 Å². The van der Waals surface area contributed by atoms with Gasteiger partial charge in [0.2, 0.25) is 0 Å². The third kappa shape index (κ3) is 4.05. The summed E-state index contributed by atoms with van der Waals surface area (Å²) in [6.45, 7) is 4.33. The van der Waals surface area contributed by atoms with E-state index in [9.17, 15) is 0 Å². The highest BCUT2D eigenvalue weighted by atomic mass is 35.5. The topological polar surface area (TPSA) is 47.0 Å². The van der Waals surface area contributed by atoms with E-state index in [4.69, 9.17) is 16.3 Å². The van der Waals surface area contributed by atoms with Crippen LogP contribution < -0.4 is 10.1 Å². The Hall–Kier alpha value is -0.870. The molecule has 1 rings (SSSR count). The number of ether oxygens (including phenoxy) is 1. The SMILES string of the molecule is CCNCCOc1ncc(Cl)cn1. The molecule has 0 atom stereocenters. The van der Waals surface area contributed by atoms with Crippen LogP contribution in [0.2, 0.25) is 5.02 Å². The van der Waals surface area contributed by atoms with E-state index < -0.39 is 0 Å². The van der Waals surface area contributed by atoms with Gasteiger partial charge in [-0.05, 0) is 6.54 Å². The maximum atomic E-state index is 5.60. The number of hydrogen-bond donors (Lipinski definition) is 1. The maximum Gasteiger partial charge on any atom is 0.316 e. The van der Waals surface area contributed by atoms with E-state index >= 15 is 0 Å². The van der Waals surface area contributed by atoms with Crippen molar-refractivity contribution in [2.75, 3.05) is 19.7 Å². The molecule has 5 heteroatoms. The molecule has 1 aromatic rings. The van der Waals surface area contributed by atoms with E-state index in [1.54, 1.807) is 0 Å². The van der Waals surface area contributed by atoms with Crippen LogP contribution in [0, 0.1) is 0 Å². The van der Waals surface area contributed by atoms with Gasteiger partial charge in [0.25, 0.3) is 0 Å². The third-order valence-electron chi connectivity index (χ3n) is 1.36. The average molecular weight is 202 g/mol. The molecule has 1 heterocycles. The lowest BCUT2D eigenvalue weighted by Gasteiger charge is -2.03. The van der Waals surface area contributed by atoms with Crippen LogP contribution in [0.3, 0.4) is 0 Å². The van der Waals surface area contributed by atoms with Gasteiger partial charge in [0.05, 0.1) is 17.4 Å². The third-order valence-corrected chi connectivity index (χ3v) is 1.55. The molecular weight excluding hydrogens is 190 g/mol. The van der Waals surface area contributed by atoms with Crippen molar-refractivity contribution in [2.45, 2.75) is 6.92 Å². The van der Waals surface area contributed by atoms with Gasteiger partial charge in [0.15, 0.2) is 0 Å². The predicted molar refractivity (Wildman–Crippen MR) is 51.1 cm³/mol. The second kappa shape index (κ2) is 5.72. The molecule has 0 bridgehead atoms. The lowest BCUT2D eigenvalue weighted by molar-refractivity contribution is 0.291. The van der Waals surface area contributed by atoms with Crippen molar-refractivity contribution >= 4 is 11.6 Å². The highest BCUT2D eigenvalue weighted by Crippen LogP contribution is 2.06. The molecule has 0 aliphatic heterocycles. The van der Waals surface area contributed by atoms with E-state index in [2.05, 4.69) is 15.3 Å². The number of rotatable bonds is 5. The van der Waals surface area contributed by atoms with Gasteiger partial charge in [-0.1, -0.05) is 18.5 Å². The average Bonchev–Trinajstić information content (AvgIpc) is 2.15. The van der Waals surface area contributed by atoms with Gasteiger partial charge in [-0.3, -0.25) is 0 Å². The molecule has 72 valence electrons. The lowest BCUT2D eigenvalue weighted by Crippen LogP contribution is -2.20. The van der Waals surface area contributed by atoms with Crippen LogP contribution in [0.15, 0.2) is 12.4 Å². The molecule has 0 aromatic carbocycles. The summed E-state index contributed by atoms with van der Waals surface area (Å²) in [5.41, 5.74) is 0. The van der Waals surface area contributed by atoms with Crippen LogP contribution in [-0.2, 0) is 0 Å². The monoisotopic (exact) mass is 201 g/mol. The molecule has 4 nitrogen and oxygen atoms in total. The Bertz CT molecular complexity index is 240. The molecule has 0 aliphatic carbocycles. The number of hydrogen-bond acceptors (Lipinski definition) is 4. The van der Waals surface area contributed by atoms with E-state index in [1.807, 2.05) is 6.92 Å². The second-order valence-electron chi connectivity index (χ2n) is 2.39. The maximum absolute atomic E-state index is 5.60. The molecule has 1 aromatic heterocycles. The Morgan fingerprint density at radius 1 is 1.46 bits per heavy atom. The summed E-state index contributed by atoms with van der Waals surface area (Å²) in [5, 5.41) is 3.64. The van der Waals surface area contributed by atoms with Gasteiger partial charge in [-0.15, -0.1) is 0 Å². The van der Waals surface area contributed by atoms with Gasteiger partial charge in [-0.2, -0.15) is 0 Å². The van der Waals surface area contributed by atoms with Crippen molar-refractivity contribution in [3.8, 4) is 6.01 Å². The minimum atomic E-state index is 0.363. The summed E-state index contributed by atoms with van der Waals surface area (Å²) in [4.78, 5) is 7.77. The molecule has 0 fully saturated rings. The van der Waals surface area contributed by atoms with Crippen LogP contribution >= 0.6 is 11.6 Å². The number of aromatic nitrogens is 2. The van der Waals surface area contributed by atoms with Crippen molar-refractivity contribution in [3.63, 3.8) is 0 Å². The largest absolute Gasteiger partial charge is 0.462 e. The van der Waals surface area contributed by atoms with E-state index in [1.165, 1.54) is 12.4 Å². The molecule has 0 saturated carbocycles. The molecule has 0 amide bonds. The zero-order valence-electron chi connectivity index (χ0n) is 7.46. The van der Waals surface area contributed by atoms with E-state index in [-0.39, 0.29) is 0 Å². The Labute approximate surface area is 82.3 Å². The van der Waals surface area contributed by atoms with Crippen molar-refractivity contribution in [1.29, 1.82) is 0 Å². The van der Waals surface area contributed by atoms with Crippen LogP contribution in [0.4, 0.5) is 0 Å². The lowest BCUT2D eigenvalue weighted by atomic mass is 10.6. The molecule has 1 N–H and O–H groups in total. The summed E-state index contributed by atoms with van der Waals surface area (Å²) in [6, 6.07) is 0.363. The molecular formula is C8H12ClN3O. The predicted octanol–water partition coefficient (Wildman–Crippen LogP) is 1.12. The molecule has 0 unspecified atom stereocenters. The molecule has 13 heavy (non-hydrogen) atoms. The first-order valence-electron chi connectivity index (χ1n) is 4.14. The Kier molecular flexibility index (Phi) is 4.49. The van der Waals surface area contributed by atoms with E-state index in [0.29, 0.717) is 17.6 Å². The number of nitrogens with one attached hydrogen (secondary N) is 1. The second-order valence-corrected chi connectivity index (χ2v) is 2.82. The zero-order chi connectivity index (χ0) is 9.52. The van der Waals surface area contributed by atoms with Gasteiger partial charge < -0.3 is 10.1 Å². The summed E-state index contributed by atoms with van der Waals surface area (Å²) in [6.07, 6.45) is 3.02. The van der Waals surface area contributed by atoms with Crippen molar-refractivity contribution < 1.29 is 4.74 Å². The fraction of sp³-hybridized carbons (Fsp3) is 0.500. The number of nitrogens with zero attached hydrogens (tertiary/aromatic N) is 2. The Balaban J connectivity index is 2.25. The minimum absolute atomic E-state index is 0.363. The van der Waals surface area contributed by atoms with Crippen LogP contribution in [0.5, 0.6) is 6.01 Å². The Morgan fingerprint density at radius 3 is 2.77 bits per heavy atom. The highest BCUT2D eigenvalue weighted by molar-refractivity contribution is 6.30. The van der Waals surface area contributed by atoms with Crippen LogP contribution in [0.1, 0.15) is 6.92 Å². The number of halogens is 1. The highest BCUT2D eigenvalue weighted by Gasteiger charge is 1.95. The minimum Gasteiger partial charge on any atom is -0.462 e. The van der Waals surface area contributed by atoms with Gasteiger partial charge in [-0.25, -0.2) is 9.97 Å². The quantitative estimate of drug-likeness (QED) is 0.726. The van der Waals surface area contributed by atoms with Crippen LogP contribution in [0.25, 0.3) is 0 Å². The molecule has 0 saturated heterocycles. The Morgan fingerprint density at radius 2 is 2.15 bits per heavy atom. The smallest absolute Gasteiger partial charge is 0.316 e. The fourth-order valence-corrected chi connectivity index (χ4v) is 0.864. The first-order chi connectivity index (χ1) is 6.33. The van der Waals surface area contributed by atoms with Gasteiger partial charge in [0, 0.05) is 6.54 Å². The van der Waals surface area contributed by atoms with Crippen molar-refractivity contribution in [1.82, 2.24) is 15.3 Å². The van der Waals surface area contributed by atoms with Crippen molar-refractivity contribution in [3.05, 3.63) is 17.4 Å². The zero-order valence-corrected chi connectivity index (χ0v) is 8.21. The summed E-state index contributed by atoms with van der Waals surface area (Å²) >= 11 is 5.60. The molecule has 0 aliphatic rings. The molecule has 0 spiro atoms. The van der Waals surface area contributed by atoms with Crippen molar-refractivity contribution in [2.24, 2.45) is 0 Å². The first kappa shape index (κ1) is 10.2. The number of likely N-dealkylation sites (N-methyl/N-ethyl adjacent to an activating group) is 1. The standard InChI is InChI=1S/C8H12ClN3O/c1-2-10-3-4-13-8-11-5-7(9)6-12-8/h5-6,10H,2-4H2,1H3. The normalized spacial score (nSPS) is 10.0. The van der Waals surface area contributed by atoms with Gasteiger partial charge >= 0.3 is 6.01 Å². The fourth-order valence-electron chi connectivity index (χ4n) is 0.766. The summed E-state index contributed by atoms with van der Waals surface area (Å²) in [7, 11) is 0.